The van der Waals surface area contributed by atoms with Gasteiger partial charge in [-0.1, -0.05) is 31.0 Å². The molecule has 5 rings (SSSR count). The molecule has 2 fully saturated rings. The second-order valence-corrected chi connectivity index (χ2v) is 9.99. The maximum Gasteiger partial charge on any atom is 0.251 e. The minimum atomic E-state index is 0.0185. The zero-order valence-electron chi connectivity index (χ0n) is 19.2. The molecule has 1 saturated heterocycles. The van der Waals surface area contributed by atoms with Crippen LogP contribution in [0.4, 0.5) is 0 Å². The number of hydrogen-bond acceptors (Lipinski definition) is 3. The first-order chi connectivity index (χ1) is 15.7. The van der Waals surface area contributed by atoms with E-state index in [-0.39, 0.29) is 11.9 Å². The third-order valence-corrected chi connectivity index (χ3v) is 7.24. The highest BCUT2D eigenvalue weighted by atomic mass is 16.5. The number of carbonyl (C=O) groups is 1. The Morgan fingerprint density at radius 1 is 0.938 bits per heavy atom. The number of ether oxygens (including phenoxy) is 1. The van der Waals surface area contributed by atoms with Crippen LogP contribution in [-0.4, -0.2) is 36.5 Å². The summed E-state index contributed by atoms with van der Waals surface area (Å²) in [6, 6.07) is 14.8. The van der Waals surface area contributed by atoms with Crippen LogP contribution in [0.15, 0.2) is 42.5 Å². The average Bonchev–Trinajstić information content (AvgIpc) is 3.66. The molecule has 32 heavy (non-hydrogen) atoms. The molecular weight excluding hydrogens is 396 g/mol. The largest absolute Gasteiger partial charge is 0.493 e. The Morgan fingerprint density at radius 2 is 1.72 bits per heavy atom. The molecule has 0 spiro atoms. The van der Waals surface area contributed by atoms with Crippen molar-refractivity contribution in [3.05, 3.63) is 64.7 Å². The normalized spacial score (nSPS) is 21.4. The summed E-state index contributed by atoms with van der Waals surface area (Å²) in [5.74, 6) is 1.61. The molecule has 1 amide bonds. The molecule has 1 N–H and O–H groups in total. The van der Waals surface area contributed by atoms with Crippen molar-refractivity contribution in [2.45, 2.75) is 70.4 Å². The van der Waals surface area contributed by atoms with E-state index in [9.17, 15) is 4.79 Å². The number of likely N-dealkylation sites (tertiary alicyclic amines) is 1. The molecule has 1 aliphatic heterocycles. The molecule has 0 radical (unpaired) electrons. The maximum absolute atomic E-state index is 12.8. The topological polar surface area (TPSA) is 41.6 Å². The van der Waals surface area contributed by atoms with Gasteiger partial charge in [-0.2, -0.15) is 0 Å². The first-order valence-corrected chi connectivity index (χ1v) is 12.6. The van der Waals surface area contributed by atoms with E-state index in [1.165, 1.54) is 68.3 Å². The van der Waals surface area contributed by atoms with Crippen LogP contribution < -0.4 is 10.1 Å². The highest BCUT2D eigenvalue weighted by molar-refractivity contribution is 5.94. The molecule has 1 atom stereocenters. The van der Waals surface area contributed by atoms with Gasteiger partial charge in [0.15, 0.2) is 0 Å². The van der Waals surface area contributed by atoms with E-state index in [0.717, 1.165) is 44.1 Å². The molecule has 0 unspecified atom stereocenters. The number of rotatable bonds is 7. The summed E-state index contributed by atoms with van der Waals surface area (Å²) in [6.07, 6.45) is 11.0. The summed E-state index contributed by atoms with van der Waals surface area (Å²) < 4.78 is 5.78. The van der Waals surface area contributed by atoms with Crippen LogP contribution in [0.3, 0.4) is 0 Å². The number of benzene rings is 2. The second-order valence-electron chi connectivity index (χ2n) is 9.99. The number of carbonyl (C=O) groups excluding carboxylic acids is 1. The van der Waals surface area contributed by atoms with E-state index < -0.39 is 0 Å². The zero-order chi connectivity index (χ0) is 21.8. The predicted octanol–water partition coefficient (Wildman–Crippen LogP) is 5.14. The Morgan fingerprint density at radius 3 is 2.47 bits per heavy atom. The third kappa shape index (κ3) is 5.72. The fraction of sp³-hybridized carbons (Fsp3) is 0.536. The highest BCUT2D eigenvalue weighted by Gasteiger charge is 2.23. The minimum Gasteiger partial charge on any atom is -0.493 e. The van der Waals surface area contributed by atoms with Crippen molar-refractivity contribution in [3.63, 3.8) is 0 Å². The fourth-order valence-corrected chi connectivity index (χ4v) is 5.05. The van der Waals surface area contributed by atoms with E-state index in [1.54, 1.807) is 0 Å². The van der Waals surface area contributed by atoms with Crippen molar-refractivity contribution in [2.75, 3.05) is 19.7 Å². The Bertz CT molecular complexity index is 912. The van der Waals surface area contributed by atoms with E-state index in [4.69, 9.17) is 4.74 Å². The Labute approximate surface area is 192 Å². The van der Waals surface area contributed by atoms with Gasteiger partial charge >= 0.3 is 0 Å². The van der Waals surface area contributed by atoms with Crippen LogP contribution in [-0.2, 0) is 19.4 Å². The van der Waals surface area contributed by atoms with Gasteiger partial charge in [0.1, 0.15) is 5.75 Å². The molecule has 4 nitrogen and oxygen atoms in total. The van der Waals surface area contributed by atoms with E-state index in [2.05, 4.69) is 28.4 Å². The van der Waals surface area contributed by atoms with Crippen LogP contribution in [0.25, 0.3) is 0 Å². The average molecular weight is 433 g/mol. The number of amides is 1. The number of hydrogen-bond donors (Lipinski definition) is 1. The van der Waals surface area contributed by atoms with Gasteiger partial charge in [0.2, 0.25) is 0 Å². The maximum atomic E-state index is 12.8. The summed E-state index contributed by atoms with van der Waals surface area (Å²) >= 11 is 0. The molecule has 2 aromatic carbocycles. The lowest BCUT2D eigenvalue weighted by molar-refractivity contribution is 0.0933. The molecule has 1 saturated carbocycles. The van der Waals surface area contributed by atoms with Gasteiger partial charge in [0.05, 0.1) is 6.61 Å². The minimum absolute atomic E-state index is 0.0185. The standard InChI is InChI=1S/C28H36N2O2/c31-28(23-10-13-27(14-11-23)32-20-21-5-6-21)29-26-12-9-24-17-22(7-8-25(24)18-26)19-30-15-3-1-2-4-16-30/h7-8,10-11,13-14,17,21,26H,1-6,9,12,15-16,18-20H2,(H,29,31)/t26-/m0/s1. The molecular formula is C28H36N2O2. The molecule has 170 valence electrons. The quantitative estimate of drug-likeness (QED) is 0.659. The van der Waals surface area contributed by atoms with Gasteiger partial charge in [-0.3, -0.25) is 9.69 Å². The Hall–Kier alpha value is -2.33. The lowest BCUT2D eigenvalue weighted by Gasteiger charge is -2.27. The predicted molar refractivity (Wildman–Crippen MR) is 128 cm³/mol. The van der Waals surface area contributed by atoms with Crippen LogP contribution in [0, 0.1) is 5.92 Å². The Balaban J connectivity index is 1.14. The first kappa shape index (κ1) is 21.5. The molecule has 3 aliphatic rings. The lowest BCUT2D eigenvalue weighted by atomic mass is 9.87. The van der Waals surface area contributed by atoms with Crippen molar-refractivity contribution < 1.29 is 9.53 Å². The van der Waals surface area contributed by atoms with E-state index >= 15 is 0 Å². The van der Waals surface area contributed by atoms with Crippen LogP contribution in [0.5, 0.6) is 5.75 Å². The summed E-state index contributed by atoms with van der Waals surface area (Å²) in [7, 11) is 0. The van der Waals surface area contributed by atoms with Gasteiger partial charge in [-0.05, 0) is 105 Å². The molecule has 0 bridgehead atoms. The van der Waals surface area contributed by atoms with Gasteiger partial charge in [0, 0.05) is 18.2 Å². The second kappa shape index (κ2) is 10.1. The highest BCUT2D eigenvalue weighted by Crippen LogP contribution is 2.29. The Kier molecular flexibility index (Phi) is 6.77. The monoisotopic (exact) mass is 432 g/mol. The molecule has 4 heteroatoms. The van der Waals surface area contributed by atoms with Crippen molar-refractivity contribution >= 4 is 5.91 Å². The smallest absolute Gasteiger partial charge is 0.251 e. The molecule has 0 aromatic heterocycles. The number of nitrogens with one attached hydrogen (secondary N) is 1. The van der Waals surface area contributed by atoms with E-state index in [0.29, 0.717) is 5.56 Å². The SMILES string of the molecule is O=C(N[C@H]1CCc2cc(CN3CCCCCC3)ccc2C1)c1ccc(OCC2CC2)cc1. The van der Waals surface area contributed by atoms with Gasteiger partial charge < -0.3 is 10.1 Å². The van der Waals surface area contributed by atoms with Gasteiger partial charge in [0.25, 0.3) is 5.91 Å². The lowest BCUT2D eigenvalue weighted by Crippen LogP contribution is -2.38. The number of fused-ring (bicyclic) bond motifs is 1. The summed E-state index contributed by atoms with van der Waals surface area (Å²) in [4.78, 5) is 15.4. The zero-order valence-corrected chi connectivity index (χ0v) is 19.2. The van der Waals surface area contributed by atoms with Crippen molar-refractivity contribution in [2.24, 2.45) is 5.92 Å². The van der Waals surface area contributed by atoms with Crippen LogP contribution in [0.2, 0.25) is 0 Å². The number of nitrogens with zero attached hydrogens (tertiary/aromatic N) is 1. The van der Waals surface area contributed by atoms with Gasteiger partial charge in [-0.25, -0.2) is 0 Å². The molecule has 2 aromatic rings. The molecule has 2 aliphatic carbocycles. The van der Waals surface area contributed by atoms with Crippen molar-refractivity contribution in [1.29, 1.82) is 0 Å². The molecule has 1 heterocycles. The summed E-state index contributed by atoms with van der Waals surface area (Å²) in [5.41, 5.74) is 5.02. The van der Waals surface area contributed by atoms with Crippen molar-refractivity contribution in [1.82, 2.24) is 10.2 Å². The van der Waals surface area contributed by atoms with E-state index in [1.807, 2.05) is 24.3 Å². The number of aryl methyl sites for hydroxylation is 1. The summed E-state index contributed by atoms with van der Waals surface area (Å²) in [6.45, 7) is 4.35. The van der Waals surface area contributed by atoms with Crippen LogP contribution >= 0.6 is 0 Å². The third-order valence-electron chi connectivity index (χ3n) is 7.24. The fourth-order valence-electron chi connectivity index (χ4n) is 5.05. The van der Waals surface area contributed by atoms with Crippen molar-refractivity contribution in [3.8, 4) is 5.75 Å². The first-order valence-electron chi connectivity index (χ1n) is 12.6. The summed E-state index contributed by atoms with van der Waals surface area (Å²) in [5, 5.41) is 3.25. The van der Waals surface area contributed by atoms with Gasteiger partial charge in [-0.15, -0.1) is 0 Å². The van der Waals surface area contributed by atoms with Crippen LogP contribution in [0.1, 0.15) is 72.0 Å².